The summed E-state index contributed by atoms with van der Waals surface area (Å²) in [5, 5.41) is 4.19. The van der Waals surface area contributed by atoms with Crippen LogP contribution in [0.15, 0.2) is 82.8 Å². The molecular formula is C32H34N2O2S. The van der Waals surface area contributed by atoms with Crippen molar-refractivity contribution in [3.05, 3.63) is 101 Å². The third-order valence-corrected chi connectivity index (χ3v) is 7.16. The molecule has 0 aliphatic rings. The highest BCUT2D eigenvalue weighted by Crippen LogP contribution is 2.35. The maximum absolute atomic E-state index is 13.7. The van der Waals surface area contributed by atoms with Crippen molar-refractivity contribution in [3.63, 3.8) is 0 Å². The Labute approximate surface area is 222 Å². The molecule has 1 N–H and O–H groups in total. The molecule has 0 fully saturated rings. The molecule has 37 heavy (non-hydrogen) atoms. The predicted octanol–water partition coefficient (Wildman–Crippen LogP) is 6.79. The fraction of sp³-hybridized carbons (Fsp3) is 0.281. The van der Waals surface area contributed by atoms with Crippen LogP contribution in [0.4, 0.5) is 0 Å². The van der Waals surface area contributed by atoms with E-state index in [1.54, 1.807) is 0 Å². The monoisotopic (exact) mass is 510 g/mol. The van der Waals surface area contributed by atoms with Gasteiger partial charge in [-0.25, -0.2) is 0 Å². The lowest BCUT2D eigenvalue weighted by molar-refractivity contribution is 0.579. The molecule has 190 valence electrons. The number of hydrogen-bond acceptors (Lipinski definition) is 3. The summed E-state index contributed by atoms with van der Waals surface area (Å²) in [5.74, 6) is 12.2. The molecule has 0 aromatic heterocycles. The smallest absolute Gasteiger partial charge is 0.200 e. The molecule has 0 atom stereocenters. The van der Waals surface area contributed by atoms with E-state index in [1.165, 1.54) is 0 Å². The summed E-state index contributed by atoms with van der Waals surface area (Å²) in [6.45, 7) is 12.3. The third kappa shape index (κ3) is 7.59. The summed E-state index contributed by atoms with van der Waals surface area (Å²) >= 11 is 0. The van der Waals surface area contributed by atoms with Gasteiger partial charge in [-0.3, -0.25) is 0 Å². The average Bonchev–Trinajstić information content (AvgIpc) is 2.88. The number of nitrogens with zero attached hydrogens (tertiary/aromatic N) is 1. The van der Waals surface area contributed by atoms with Crippen LogP contribution in [0.1, 0.15) is 87.1 Å². The number of nitrogens with one attached hydrogen (secondary N) is 1. The standard InChI is InChI=1S/C32H34N2O2S/c1-23(2)28-21-30(24(3)4)32(31(22-28)25(5)6)37(35,36)34-33-29(19-17-26-13-9-7-10-14-26)20-18-27-15-11-8-12-16-27/h7-16,21-25,34H,1-6H3. The van der Waals surface area contributed by atoms with Gasteiger partial charge >= 0.3 is 0 Å². The molecule has 0 radical (unpaired) electrons. The number of rotatable bonds is 6. The van der Waals surface area contributed by atoms with E-state index in [9.17, 15) is 8.42 Å². The van der Waals surface area contributed by atoms with Crippen molar-refractivity contribution < 1.29 is 8.42 Å². The highest BCUT2D eigenvalue weighted by molar-refractivity contribution is 7.89. The van der Waals surface area contributed by atoms with Gasteiger partial charge in [-0.05, 0) is 70.6 Å². The van der Waals surface area contributed by atoms with Gasteiger partial charge in [0.25, 0.3) is 10.0 Å². The van der Waals surface area contributed by atoms with Crippen LogP contribution >= 0.6 is 0 Å². The summed E-state index contributed by atoms with van der Waals surface area (Å²) in [4.78, 5) is 2.73. The van der Waals surface area contributed by atoms with Crippen LogP contribution < -0.4 is 4.83 Å². The molecule has 0 aliphatic carbocycles. The molecule has 0 bridgehead atoms. The van der Waals surface area contributed by atoms with E-state index in [0.717, 1.165) is 27.8 Å². The first-order valence-electron chi connectivity index (χ1n) is 12.5. The van der Waals surface area contributed by atoms with Gasteiger partial charge in [0.15, 0.2) is 5.71 Å². The van der Waals surface area contributed by atoms with Crippen molar-refractivity contribution in [2.45, 2.75) is 64.2 Å². The minimum atomic E-state index is -3.99. The Morgan fingerprint density at radius 3 is 1.51 bits per heavy atom. The normalized spacial score (nSPS) is 10.9. The average molecular weight is 511 g/mol. The largest absolute Gasteiger partial charge is 0.277 e. The Balaban J connectivity index is 2.10. The van der Waals surface area contributed by atoms with Crippen LogP contribution in [0.3, 0.4) is 0 Å². The molecule has 0 spiro atoms. The number of sulfonamides is 1. The summed E-state index contributed by atoms with van der Waals surface area (Å²) < 4.78 is 27.4. The zero-order valence-corrected chi connectivity index (χ0v) is 23.1. The SMILES string of the molecule is CC(C)c1cc(C(C)C)c(S(=O)(=O)NN=C(C#Cc2ccccc2)C#Cc2ccccc2)c(C(C)C)c1. The van der Waals surface area contributed by atoms with Gasteiger partial charge in [0.2, 0.25) is 0 Å². The molecule has 3 aromatic carbocycles. The fourth-order valence-corrected chi connectivity index (χ4v) is 5.26. The minimum absolute atomic E-state index is 0.0157. The number of benzene rings is 3. The van der Waals surface area contributed by atoms with E-state index in [4.69, 9.17) is 0 Å². The van der Waals surface area contributed by atoms with E-state index in [0.29, 0.717) is 0 Å². The second-order valence-corrected chi connectivity index (χ2v) is 11.4. The fourth-order valence-electron chi connectivity index (χ4n) is 3.74. The van der Waals surface area contributed by atoms with Crippen LogP contribution in [-0.4, -0.2) is 14.1 Å². The maximum Gasteiger partial charge on any atom is 0.277 e. The van der Waals surface area contributed by atoms with Crippen molar-refractivity contribution in [1.82, 2.24) is 4.83 Å². The molecule has 5 heteroatoms. The van der Waals surface area contributed by atoms with Gasteiger partial charge in [-0.2, -0.15) is 13.2 Å². The molecule has 0 amide bonds. The maximum atomic E-state index is 13.7. The van der Waals surface area contributed by atoms with E-state index in [-0.39, 0.29) is 28.4 Å². The lowest BCUT2D eigenvalue weighted by Gasteiger charge is -2.22. The second kappa shape index (κ2) is 12.4. The van der Waals surface area contributed by atoms with Crippen molar-refractivity contribution in [2.75, 3.05) is 0 Å². The molecule has 0 heterocycles. The molecule has 0 unspecified atom stereocenters. The molecule has 0 saturated carbocycles. The quantitative estimate of drug-likeness (QED) is 0.225. The van der Waals surface area contributed by atoms with Gasteiger partial charge in [0.1, 0.15) is 0 Å². The predicted molar refractivity (Wildman–Crippen MR) is 153 cm³/mol. The Hall–Kier alpha value is -3.80. The van der Waals surface area contributed by atoms with Crippen molar-refractivity contribution in [2.24, 2.45) is 5.10 Å². The first-order chi connectivity index (χ1) is 17.6. The van der Waals surface area contributed by atoms with Crippen LogP contribution in [0.5, 0.6) is 0 Å². The van der Waals surface area contributed by atoms with E-state index >= 15 is 0 Å². The summed E-state index contributed by atoms with van der Waals surface area (Å²) in [5.41, 5.74) is 4.39. The molecule has 0 aliphatic heterocycles. The van der Waals surface area contributed by atoms with Gasteiger partial charge in [-0.1, -0.05) is 102 Å². The van der Waals surface area contributed by atoms with Crippen LogP contribution in [0.2, 0.25) is 0 Å². The van der Waals surface area contributed by atoms with E-state index < -0.39 is 10.0 Å². The van der Waals surface area contributed by atoms with Crippen molar-refractivity contribution in [3.8, 4) is 23.7 Å². The topological polar surface area (TPSA) is 58.5 Å². The first kappa shape index (κ1) is 27.8. The van der Waals surface area contributed by atoms with Crippen molar-refractivity contribution in [1.29, 1.82) is 0 Å². The lowest BCUT2D eigenvalue weighted by atomic mass is 9.89. The Bertz CT molecular complexity index is 1390. The highest BCUT2D eigenvalue weighted by Gasteiger charge is 2.26. The summed E-state index contributed by atoms with van der Waals surface area (Å²) in [6, 6.07) is 22.9. The first-order valence-corrected chi connectivity index (χ1v) is 14.0. The van der Waals surface area contributed by atoms with Crippen molar-refractivity contribution >= 4 is 15.7 Å². The molecule has 0 saturated heterocycles. The zero-order chi connectivity index (χ0) is 27.0. The summed E-state index contributed by atoms with van der Waals surface area (Å²) in [6.07, 6.45) is 0. The second-order valence-electron chi connectivity index (χ2n) is 9.78. The van der Waals surface area contributed by atoms with Gasteiger partial charge in [-0.15, -0.1) is 5.10 Å². The van der Waals surface area contributed by atoms with Gasteiger partial charge < -0.3 is 0 Å². The van der Waals surface area contributed by atoms with Crippen LogP contribution in [0, 0.1) is 23.7 Å². The van der Waals surface area contributed by atoms with E-state index in [2.05, 4.69) is 47.5 Å². The van der Waals surface area contributed by atoms with Crippen LogP contribution in [0.25, 0.3) is 0 Å². The number of hydrazone groups is 1. The summed E-state index contributed by atoms with van der Waals surface area (Å²) in [7, 11) is -3.99. The Morgan fingerprint density at radius 1 is 0.703 bits per heavy atom. The molecule has 4 nitrogen and oxygen atoms in total. The third-order valence-electron chi connectivity index (χ3n) is 5.82. The molecule has 3 rings (SSSR count). The van der Waals surface area contributed by atoms with Crippen LogP contribution in [-0.2, 0) is 10.0 Å². The Morgan fingerprint density at radius 2 is 1.14 bits per heavy atom. The van der Waals surface area contributed by atoms with Gasteiger partial charge in [0, 0.05) is 11.1 Å². The van der Waals surface area contributed by atoms with E-state index in [1.807, 2.05) is 100 Å². The Kier molecular flexibility index (Phi) is 9.34. The zero-order valence-electron chi connectivity index (χ0n) is 22.3. The van der Waals surface area contributed by atoms with Gasteiger partial charge in [0.05, 0.1) is 4.90 Å². The lowest BCUT2D eigenvalue weighted by Crippen LogP contribution is -2.24. The minimum Gasteiger partial charge on any atom is -0.200 e. The number of hydrogen-bond donors (Lipinski definition) is 1. The molecular weight excluding hydrogens is 476 g/mol. The molecule has 3 aromatic rings. The highest BCUT2D eigenvalue weighted by atomic mass is 32.2.